The van der Waals surface area contributed by atoms with Gasteiger partial charge in [-0.05, 0) is 32.5 Å². The Kier molecular flexibility index (Phi) is 3.73. The van der Waals surface area contributed by atoms with Gasteiger partial charge in [-0.3, -0.25) is 4.90 Å². The molecule has 0 fully saturated rings. The lowest BCUT2D eigenvalue weighted by atomic mass is 10.2. The number of aryl methyl sites for hydroxylation is 1. The molecule has 1 atom stereocenters. The summed E-state index contributed by atoms with van der Waals surface area (Å²) in [6.45, 7) is 4.63. The van der Waals surface area contributed by atoms with Crippen molar-refractivity contribution in [1.29, 1.82) is 5.26 Å². The fourth-order valence-corrected chi connectivity index (χ4v) is 1.43. The molecule has 0 N–H and O–H groups in total. The first-order chi connectivity index (χ1) is 6.67. The molecular formula is C11H16N2O. The van der Waals surface area contributed by atoms with Crippen LogP contribution < -0.4 is 0 Å². The highest BCUT2D eigenvalue weighted by atomic mass is 16.3. The summed E-state index contributed by atoms with van der Waals surface area (Å²) < 4.78 is 5.44. The predicted molar refractivity (Wildman–Crippen MR) is 54.6 cm³/mol. The fraction of sp³-hybridized carbons (Fsp3) is 0.545. The lowest BCUT2D eigenvalue weighted by molar-refractivity contribution is 0.249. The van der Waals surface area contributed by atoms with E-state index in [2.05, 4.69) is 6.07 Å². The van der Waals surface area contributed by atoms with Crippen LogP contribution in [0.5, 0.6) is 0 Å². The van der Waals surface area contributed by atoms with Crippen molar-refractivity contribution in [3.05, 3.63) is 23.7 Å². The van der Waals surface area contributed by atoms with Crippen molar-refractivity contribution in [3.8, 4) is 6.07 Å². The van der Waals surface area contributed by atoms with Crippen molar-refractivity contribution in [2.24, 2.45) is 0 Å². The molecular weight excluding hydrogens is 176 g/mol. The smallest absolute Gasteiger partial charge is 0.118 e. The second kappa shape index (κ2) is 4.83. The van der Waals surface area contributed by atoms with Crippen LogP contribution in [0.4, 0.5) is 0 Å². The van der Waals surface area contributed by atoms with Gasteiger partial charge in [0.05, 0.1) is 18.7 Å². The first-order valence-corrected chi connectivity index (χ1v) is 4.82. The monoisotopic (exact) mass is 192 g/mol. The van der Waals surface area contributed by atoms with E-state index in [4.69, 9.17) is 9.68 Å². The average molecular weight is 192 g/mol. The SMILES string of the molecule is CCC(C#N)N(C)Cc1ccc(C)o1. The molecule has 0 aromatic carbocycles. The van der Waals surface area contributed by atoms with Gasteiger partial charge < -0.3 is 4.42 Å². The second-order valence-electron chi connectivity index (χ2n) is 3.48. The third-order valence-corrected chi connectivity index (χ3v) is 2.27. The predicted octanol–water partition coefficient (Wildman–Crippen LogP) is 2.32. The molecule has 3 heteroatoms. The first-order valence-electron chi connectivity index (χ1n) is 4.82. The lowest BCUT2D eigenvalue weighted by Crippen LogP contribution is -2.28. The summed E-state index contributed by atoms with van der Waals surface area (Å²) in [6, 6.07) is 6.13. The van der Waals surface area contributed by atoms with E-state index in [1.165, 1.54) is 0 Å². The van der Waals surface area contributed by atoms with E-state index >= 15 is 0 Å². The molecule has 0 saturated carbocycles. The summed E-state index contributed by atoms with van der Waals surface area (Å²) >= 11 is 0. The number of hydrogen-bond acceptors (Lipinski definition) is 3. The number of nitriles is 1. The Morgan fingerprint density at radius 2 is 2.29 bits per heavy atom. The minimum absolute atomic E-state index is 0.0274. The zero-order valence-electron chi connectivity index (χ0n) is 8.95. The maximum atomic E-state index is 8.86. The highest BCUT2D eigenvalue weighted by molar-refractivity contribution is 5.06. The van der Waals surface area contributed by atoms with E-state index in [9.17, 15) is 0 Å². The van der Waals surface area contributed by atoms with Gasteiger partial charge in [-0.25, -0.2) is 0 Å². The number of nitrogens with zero attached hydrogens (tertiary/aromatic N) is 2. The molecule has 14 heavy (non-hydrogen) atoms. The first kappa shape index (κ1) is 10.8. The molecule has 0 amide bonds. The zero-order chi connectivity index (χ0) is 10.6. The van der Waals surface area contributed by atoms with Crippen LogP contribution in [0.1, 0.15) is 24.9 Å². The Bertz CT molecular complexity index is 324. The highest BCUT2D eigenvalue weighted by Gasteiger charge is 2.12. The van der Waals surface area contributed by atoms with E-state index < -0.39 is 0 Å². The van der Waals surface area contributed by atoms with Crippen molar-refractivity contribution in [2.75, 3.05) is 7.05 Å². The van der Waals surface area contributed by atoms with Crippen LogP contribution in [-0.2, 0) is 6.54 Å². The van der Waals surface area contributed by atoms with Crippen LogP contribution in [0.25, 0.3) is 0 Å². The van der Waals surface area contributed by atoms with Gasteiger partial charge in [0.25, 0.3) is 0 Å². The maximum Gasteiger partial charge on any atom is 0.118 e. The van der Waals surface area contributed by atoms with E-state index in [1.807, 2.05) is 37.9 Å². The van der Waals surface area contributed by atoms with Gasteiger partial charge in [0.1, 0.15) is 11.5 Å². The van der Waals surface area contributed by atoms with Crippen molar-refractivity contribution in [3.63, 3.8) is 0 Å². The molecule has 0 bridgehead atoms. The van der Waals surface area contributed by atoms with Crippen LogP contribution in [0.2, 0.25) is 0 Å². The number of hydrogen-bond donors (Lipinski definition) is 0. The van der Waals surface area contributed by atoms with Gasteiger partial charge in [-0.2, -0.15) is 5.26 Å². The molecule has 1 unspecified atom stereocenters. The Labute approximate surface area is 84.9 Å². The Hall–Kier alpha value is -1.27. The van der Waals surface area contributed by atoms with E-state index in [-0.39, 0.29) is 6.04 Å². The van der Waals surface area contributed by atoms with Crippen molar-refractivity contribution in [2.45, 2.75) is 32.9 Å². The molecule has 76 valence electrons. The third kappa shape index (κ3) is 2.61. The summed E-state index contributed by atoms with van der Waals surface area (Å²) in [5.74, 6) is 1.83. The van der Waals surface area contributed by atoms with Gasteiger partial charge in [0.15, 0.2) is 0 Å². The molecule has 1 rings (SSSR count). The highest BCUT2D eigenvalue weighted by Crippen LogP contribution is 2.11. The number of rotatable bonds is 4. The summed E-state index contributed by atoms with van der Waals surface area (Å²) in [7, 11) is 1.94. The molecule has 3 nitrogen and oxygen atoms in total. The largest absolute Gasteiger partial charge is 0.465 e. The summed E-state index contributed by atoms with van der Waals surface area (Å²) in [4.78, 5) is 2.00. The van der Waals surface area contributed by atoms with E-state index in [0.717, 1.165) is 17.9 Å². The van der Waals surface area contributed by atoms with Crippen LogP contribution in [-0.4, -0.2) is 18.0 Å². The normalized spacial score (nSPS) is 12.8. The van der Waals surface area contributed by atoms with E-state index in [1.54, 1.807) is 0 Å². The Balaban J connectivity index is 2.56. The van der Waals surface area contributed by atoms with Crippen LogP contribution in [0.15, 0.2) is 16.5 Å². The minimum atomic E-state index is -0.0274. The van der Waals surface area contributed by atoms with Gasteiger partial charge in [0, 0.05) is 0 Å². The van der Waals surface area contributed by atoms with Gasteiger partial charge in [-0.1, -0.05) is 6.92 Å². The standard InChI is InChI=1S/C11H16N2O/c1-4-10(7-12)13(3)8-11-6-5-9(2)14-11/h5-6,10H,4,8H2,1-3H3. The summed E-state index contributed by atoms with van der Waals surface area (Å²) in [6.07, 6.45) is 0.840. The average Bonchev–Trinajstić information content (AvgIpc) is 2.53. The third-order valence-electron chi connectivity index (χ3n) is 2.27. The molecule has 0 spiro atoms. The molecule has 1 aromatic heterocycles. The van der Waals surface area contributed by atoms with Crippen LogP contribution in [0, 0.1) is 18.3 Å². The molecule has 0 saturated heterocycles. The molecule has 1 heterocycles. The minimum Gasteiger partial charge on any atom is -0.465 e. The molecule has 1 aromatic rings. The van der Waals surface area contributed by atoms with Crippen molar-refractivity contribution >= 4 is 0 Å². The molecule has 0 aliphatic carbocycles. The van der Waals surface area contributed by atoms with Gasteiger partial charge in [-0.15, -0.1) is 0 Å². The second-order valence-corrected chi connectivity index (χ2v) is 3.48. The summed E-state index contributed by atoms with van der Waals surface area (Å²) in [5.41, 5.74) is 0. The zero-order valence-corrected chi connectivity index (χ0v) is 8.95. The number of furan rings is 1. The maximum absolute atomic E-state index is 8.86. The molecule has 0 aliphatic heterocycles. The molecule has 0 radical (unpaired) electrons. The molecule has 0 aliphatic rings. The quantitative estimate of drug-likeness (QED) is 0.735. The van der Waals surface area contributed by atoms with Crippen molar-refractivity contribution < 1.29 is 4.42 Å². The van der Waals surface area contributed by atoms with Gasteiger partial charge in [0.2, 0.25) is 0 Å². The van der Waals surface area contributed by atoms with Gasteiger partial charge >= 0.3 is 0 Å². The van der Waals surface area contributed by atoms with E-state index in [0.29, 0.717) is 6.54 Å². The lowest BCUT2D eigenvalue weighted by Gasteiger charge is -2.19. The summed E-state index contributed by atoms with van der Waals surface area (Å²) in [5, 5.41) is 8.86. The Morgan fingerprint density at radius 3 is 2.71 bits per heavy atom. The topological polar surface area (TPSA) is 40.2 Å². The van der Waals surface area contributed by atoms with Crippen LogP contribution in [0.3, 0.4) is 0 Å². The Morgan fingerprint density at radius 1 is 1.57 bits per heavy atom. The van der Waals surface area contributed by atoms with Crippen LogP contribution >= 0.6 is 0 Å². The fourth-order valence-electron chi connectivity index (χ4n) is 1.43. The van der Waals surface area contributed by atoms with Crippen molar-refractivity contribution in [1.82, 2.24) is 4.90 Å².